The second kappa shape index (κ2) is 7.94. The van der Waals surface area contributed by atoms with E-state index in [0.29, 0.717) is 63.9 Å². The second-order valence-electron chi connectivity index (χ2n) is 8.61. The van der Waals surface area contributed by atoms with Gasteiger partial charge in [0, 0.05) is 43.8 Å². The number of rotatable bonds is 3. The van der Waals surface area contributed by atoms with E-state index in [1.807, 2.05) is 30.6 Å². The number of amides is 1. The Kier molecular flexibility index (Phi) is 5.95. The van der Waals surface area contributed by atoms with Gasteiger partial charge in [0.2, 0.25) is 11.9 Å². The minimum Gasteiger partial charge on any atom is -0.378 e. The number of anilines is 1. The maximum absolute atomic E-state index is 12.5. The van der Waals surface area contributed by atoms with E-state index in [1.165, 1.54) is 12.5 Å². The number of likely N-dealkylation sites (tertiary alicyclic amines) is 1. The summed E-state index contributed by atoms with van der Waals surface area (Å²) in [5.74, 6) is 0.682. The van der Waals surface area contributed by atoms with Crippen molar-refractivity contribution >= 4 is 21.7 Å². The van der Waals surface area contributed by atoms with E-state index in [2.05, 4.69) is 9.97 Å². The summed E-state index contributed by atoms with van der Waals surface area (Å²) in [6.45, 7) is 9.58. The van der Waals surface area contributed by atoms with Crippen molar-refractivity contribution in [3.8, 4) is 0 Å². The number of nitrogens with zero attached hydrogens (tertiary/aromatic N) is 4. The highest BCUT2D eigenvalue weighted by molar-refractivity contribution is 7.90. The number of hydrogen-bond donors (Lipinski definition) is 0. The third-order valence-corrected chi connectivity index (χ3v) is 6.39. The summed E-state index contributed by atoms with van der Waals surface area (Å²) in [7, 11) is -3.43. The summed E-state index contributed by atoms with van der Waals surface area (Å²) >= 11 is 0. The number of carbonyl (C=O) groups excluding carboxylic acids is 1. The maximum Gasteiger partial charge on any atom is 0.227 e. The molecular formula is C19H30N4O4S. The van der Waals surface area contributed by atoms with Gasteiger partial charge in [0.25, 0.3) is 0 Å². The molecule has 0 aromatic carbocycles. The number of piperidine rings is 1. The number of carbonyl (C=O) groups is 1. The van der Waals surface area contributed by atoms with Gasteiger partial charge in [0.05, 0.1) is 25.1 Å². The molecule has 3 rings (SSSR count). The van der Waals surface area contributed by atoms with Crippen molar-refractivity contribution in [1.82, 2.24) is 14.9 Å². The van der Waals surface area contributed by atoms with Gasteiger partial charge in [-0.1, -0.05) is 20.8 Å². The standard InChI is InChI=1S/C19H30N4O4S/c1-19(2,3)17(24)22-7-5-14(6-8-22)16-15(28(4,25)26)13-20-18(21-16)23-9-11-27-12-10-23/h13-14H,5-12H2,1-4H3. The predicted molar refractivity (Wildman–Crippen MR) is 106 cm³/mol. The number of morpholine rings is 1. The Labute approximate surface area is 167 Å². The lowest BCUT2D eigenvalue weighted by atomic mass is 9.89. The van der Waals surface area contributed by atoms with Crippen molar-refractivity contribution < 1.29 is 17.9 Å². The molecule has 0 bridgehead atoms. The van der Waals surface area contributed by atoms with Gasteiger partial charge in [-0.25, -0.2) is 18.4 Å². The molecule has 1 aromatic rings. The van der Waals surface area contributed by atoms with Crippen molar-refractivity contribution in [3.63, 3.8) is 0 Å². The molecular weight excluding hydrogens is 380 g/mol. The van der Waals surface area contributed by atoms with Crippen LogP contribution in [0.15, 0.2) is 11.1 Å². The summed E-state index contributed by atoms with van der Waals surface area (Å²) < 4.78 is 30.0. The zero-order valence-corrected chi connectivity index (χ0v) is 18.0. The molecule has 156 valence electrons. The predicted octanol–water partition coefficient (Wildman–Crippen LogP) is 1.47. The van der Waals surface area contributed by atoms with Crippen LogP contribution in [0.25, 0.3) is 0 Å². The first kappa shape index (κ1) is 21.0. The van der Waals surface area contributed by atoms with E-state index < -0.39 is 15.3 Å². The molecule has 28 heavy (non-hydrogen) atoms. The summed E-state index contributed by atoms with van der Waals surface area (Å²) in [5.41, 5.74) is 0.172. The first-order chi connectivity index (χ1) is 13.1. The fraction of sp³-hybridized carbons (Fsp3) is 0.737. The van der Waals surface area contributed by atoms with Crippen LogP contribution < -0.4 is 4.90 Å². The number of aromatic nitrogens is 2. The third-order valence-electron chi connectivity index (χ3n) is 5.27. The number of hydrogen-bond acceptors (Lipinski definition) is 7. The van der Waals surface area contributed by atoms with Gasteiger partial charge >= 0.3 is 0 Å². The number of ether oxygens (including phenoxy) is 1. The molecule has 1 aromatic heterocycles. The lowest BCUT2D eigenvalue weighted by molar-refractivity contribution is -0.140. The van der Waals surface area contributed by atoms with E-state index in [-0.39, 0.29) is 16.7 Å². The average Bonchev–Trinajstić information content (AvgIpc) is 2.66. The Morgan fingerprint density at radius 3 is 2.29 bits per heavy atom. The zero-order chi connectivity index (χ0) is 20.5. The van der Waals surface area contributed by atoms with E-state index in [1.54, 1.807) is 0 Å². The normalized spacial score (nSPS) is 19.7. The molecule has 0 atom stereocenters. The summed E-state index contributed by atoms with van der Waals surface area (Å²) in [5, 5.41) is 0. The molecule has 2 aliphatic heterocycles. The van der Waals surface area contributed by atoms with Crippen molar-refractivity contribution in [3.05, 3.63) is 11.9 Å². The largest absolute Gasteiger partial charge is 0.378 e. The van der Waals surface area contributed by atoms with Crippen LogP contribution in [0, 0.1) is 5.41 Å². The van der Waals surface area contributed by atoms with Gasteiger partial charge in [-0.2, -0.15) is 0 Å². The Balaban J connectivity index is 1.84. The van der Waals surface area contributed by atoms with Crippen LogP contribution >= 0.6 is 0 Å². The maximum atomic E-state index is 12.5. The molecule has 0 spiro atoms. The van der Waals surface area contributed by atoms with Crippen molar-refractivity contribution in [2.45, 2.75) is 44.4 Å². The molecule has 0 unspecified atom stereocenters. The average molecular weight is 411 g/mol. The first-order valence-corrected chi connectivity index (χ1v) is 11.7. The van der Waals surface area contributed by atoms with Crippen molar-refractivity contribution in [2.75, 3.05) is 50.5 Å². The Hall–Kier alpha value is -1.74. The minimum atomic E-state index is -3.43. The van der Waals surface area contributed by atoms with Crippen LogP contribution in [0.3, 0.4) is 0 Å². The highest BCUT2D eigenvalue weighted by atomic mass is 32.2. The quantitative estimate of drug-likeness (QED) is 0.745. The lowest BCUT2D eigenvalue weighted by Crippen LogP contribution is -2.44. The summed E-state index contributed by atoms with van der Waals surface area (Å²) in [6, 6.07) is 0. The van der Waals surface area contributed by atoms with Crippen molar-refractivity contribution in [1.29, 1.82) is 0 Å². The smallest absolute Gasteiger partial charge is 0.227 e. The van der Waals surface area contributed by atoms with Crippen LogP contribution in [0.5, 0.6) is 0 Å². The Morgan fingerprint density at radius 2 is 1.75 bits per heavy atom. The molecule has 9 heteroatoms. The Bertz CT molecular complexity index is 821. The fourth-order valence-corrected chi connectivity index (χ4v) is 4.53. The van der Waals surface area contributed by atoms with Crippen LogP contribution in [-0.2, 0) is 19.4 Å². The monoisotopic (exact) mass is 410 g/mol. The van der Waals surface area contributed by atoms with E-state index in [9.17, 15) is 13.2 Å². The number of sulfone groups is 1. The minimum absolute atomic E-state index is 0.00321. The highest BCUT2D eigenvalue weighted by Gasteiger charge is 2.33. The van der Waals surface area contributed by atoms with Crippen LogP contribution in [0.4, 0.5) is 5.95 Å². The van der Waals surface area contributed by atoms with Crippen LogP contribution in [-0.4, -0.2) is 74.8 Å². The van der Waals surface area contributed by atoms with Gasteiger partial charge in [0.15, 0.2) is 9.84 Å². The molecule has 0 radical (unpaired) electrons. The van der Waals surface area contributed by atoms with Gasteiger partial charge in [0.1, 0.15) is 4.90 Å². The van der Waals surface area contributed by atoms with Crippen LogP contribution in [0.2, 0.25) is 0 Å². The molecule has 8 nitrogen and oxygen atoms in total. The Morgan fingerprint density at radius 1 is 1.14 bits per heavy atom. The van der Waals surface area contributed by atoms with E-state index in [0.717, 1.165) is 0 Å². The van der Waals surface area contributed by atoms with Gasteiger partial charge in [-0.15, -0.1) is 0 Å². The van der Waals surface area contributed by atoms with Gasteiger partial charge in [-0.3, -0.25) is 4.79 Å². The molecule has 2 aliphatic rings. The SMILES string of the molecule is CC(C)(C)C(=O)N1CCC(c2nc(N3CCOCC3)ncc2S(C)(=O)=O)CC1. The third kappa shape index (κ3) is 4.63. The fourth-order valence-electron chi connectivity index (χ4n) is 3.70. The highest BCUT2D eigenvalue weighted by Crippen LogP contribution is 2.33. The first-order valence-electron chi connectivity index (χ1n) is 9.76. The molecule has 2 saturated heterocycles. The summed E-state index contributed by atoms with van der Waals surface area (Å²) in [4.78, 5) is 25.6. The molecule has 3 heterocycles. The molecule has 0 N–H and O–H groups in total. The second-order valence-corrected chi connectivity index (χ2v) is 10.6. The summed E-state index contributed by atoms with van der Waals surface area (Å²) in [6.07, 6.45) is 4.03. The molecule has 1 amide bonds. The van der Waals surface area contributed by atoms with Crippen molar-refractivity contribution in [2.24, 2.45) is 5.41 Å². The van der Waals surface area contributed by atoms with Gasteiger partial charge < -0.3 is 14.5 Å². The lowest BCUT2D eigenvalue weighted by Gasteiger charge is -2.36. The molecule has 0 aliphatic carbocycles. The van der Waals surface area contributed by atoms with Crippen LogP contribution in [0.1, 0.15) is 45.2 Å². The van der Waals surface area contributed by atoms with E-state index in [4.69, 9.17) is 4.74 Å². The topological polar surface area (TPSA) is 92.7 Å². The zero-order valence-electron chi connectivity index (χ0n) is 17.1. The van der Waals surface area contributed by atoms with E-state index >= 15 is 0 Å². The van der Waals surface area contributed by atoms with Gasteiger partial charge in [-0.05, 0) is 12.8 Å². The molecule has 2 fully saturated rings. The molecule has 0 saturated carbocycles.